The highest BCUT2D eigenvalue weighted by Gasteiger charge is 2.38. The van der Waals surface area contributed by atoms with E-state index in [0.29, 0.717) is 5.41 Å². The molecular weight excluding hydrogens is 256 g/mol. The molecule has 0 bridgehead atoms. The largest absolute Gasteiger partial charge is 0.330 e. The third-order valence-corrected chi connectivity index (χ3v) is 6.99. The van der Waals surface area contributed by atoms with Crippen LogP contribution in [-0.2, 0) is 0 Å². The molecule has 0 unspecified atom stereocenters. The molecule has 1 aliphatic heterocycles. The Morgan fingerprint density at radius 2 is 1.19 bits per heavy atom. The molecule has 0 radical (unpaired) electrons. The van der Waals surface area contributed by atoms with Gasteiger partial charge in [0.2, 0.25) is 0 Å². The van der Waals surface area contributed by atoms with Crippen LogP contribution < -0.4 is 5.73 Å². The minimum atomic E-state index is 0.452. The first-order valence-electron chi connectivity index (χ1n) is 9.69. The Balaban J connectivity index is 1.53. The fraction of sp³-hybridized carbons (Fsp3) is 1.00. The van der Waals surface area contributed by atoms with Crippen LogP contribution in [0.2, 0.25) is 0 Å². The summed E-state index contributed by atoms with van der Waals surface area (Å²) in [6, 6.07) is 0. The van der Waals surface area contributed by atoms with Crippen LogP contribution in [0.1, 0.15) is 83.5 Å². The summed E-state index contributed by atoms with van der Waals surface area (Å²) in [5.41, 5.74) is 7.43. The smallest absolute Gasteiger partial charge is 0.00501 e. The first-order valence-corrected chi connectivity index (χ1v) is 9.69. The molecule has 0 aromatic heterocycles. The van der Waals surface area contributed by atoms with E-state index in [4.69, 9.17) is 5.73 Å². The molecule has 122 valence electrons. The molecule has 0 aromatic rings. The first kappa shape index (κ1) is 15.8. The molecule has 3 fully saturated rings. The van der Waals surface area contributed by atoms with Crippen LogP contribution in [0.5, 0.6) is 0 Å². The second kappa shape index (κ2) is 7.00. The van der Waals surface area contributed by atoms with Gasteiger partial charge in [-0.2, -0.15) is 0 Å². The van der Waals surface area contributed by atoms with Crippen molar-refractivity contribution in [3.05, 3.63) is 0 Å². The first-order chi connectivity index (χ1) is 10.3. The fourth-order valence-electron chi connectivity index (χ4n) is 5.37. The van der Waals surface area contributed by atoms with Crippen molar-refractivity contribution >= 4 is 0 Å². The van der Waals surface area contributed by atoms with E-state index in [9.17, 15) is 0 Å². The predicted octanol–water partition coefficient (Wildman–Crippen LogP) is 4.33. The molecule has 2 aliphatic carbocycles. The summed E-state index contributed by atoms with van der Waals surface area (Å²) in [6.07, 6.45) is 18.9. The Hall–Kier alpha value is -0.0800. The third-order valence-electron chi connectivity index (χ3n) is 6.99. The van der Waals surface area contributed by atoms with E-state index >= 15 is 0 Å². The maximum Gasteiger partial charge on any atom is 0.00501 e. The van der Waals surface area contributed by atoms with Gasteiger partial charge in [-0.1, -0.05) is 44.9 Å². The lowest BCUT2D eigenvalue weighted by Crippen LogP contribution is -2.48. The van der Waals surface area contributed by atoms with Crippen molar-refractivity contribution in [2.24, 2.45) is 16.6 Å². The van der Waals surface area contributed by atoms with Gasteiger partial charge < -0.3 is 10.6 Å². The fourth-order valence-corrected chi connectivity index (χ4v) is 5.37. The summed E-state index contributed by atoms with van der Waals surface area (Å²) in [5.74, 6) is 0. The number of likely N-dealkylation sites (tertiary alicyclic amines) is 1. The van der Waals surface area contributed by atoms with Crippen LogP contribution in [0.25, 0.3) is 0 Å². The molecule has 1 spiro atoms. The molecule has 1 heterocycles. The van der Waals surface area contributed by atoms with E-state index in [0.717, 1.165) is 12.0 Å². The Morgan fingerprint density at radius 3 is 1.76 bits per heavy atom. The standard InChI is InChI=1S/C19H36N2/c20-16-19(10-4-1-2-5-11-19)17-21-14-12-18(13-15-21)8-6-3-7-9-18/h1-17,20H2. The van der Waals surface area contributed by atoms with Gasteiger partial charge >= 0.3 is 0 Å². The van der Waals surface area contributed by atoms with Crippen molar-refractivity contribution in [2.75, 3.05) is 26.2 Å². The lowest BCUT2D eigenvalue weighted by Gasteiger charge is -2.47. The van der Waals surface area contributed by atoms with Crippen molar-refractivity contribution in [1.82, 2.24) is 4.90 Å². The molecule has 2 N–H and O–H groups in total. The molecule has 0 amide bonds. The van der Waals surface area contributed by atoms with Crippen LogP contribution in [0.3, 0.4) is 0 Å². The van der Waals surface area contributed by atoms with E-state index in [1.54, 1.807) is 0 Å². The van der Waals surface area contributed by atoms with Crippen molar-refractivity contribution < 1.29 is 0 Å². The summed E-state index contributed by atoms with van der Waals surface area (Å²) in [4.78, 5) is 2.78. The number of rotatable bonds is 3. The normalized spacial score (nSPS) is 30.1. The average molecular weight is 293 g/mol. The summed E-state index contributed by atoms with van der Waals surface area (Å²) in [5, 5.41) is 0. The Labute approximate surface area is 131 Å². The summed E-state index contributed by atoms with van der Waals surface area (Å²) in [7, 11) is 0. The number of hydrogen-bond donors (Lipinski definition) is 1. The van der Waals surface area contributed by atoms with E-state index in [1.807, 2.05) is 0 Å². The molecule has 3 rings (SSSR count). The molecule has 21 heavy (non-hydrogen) atoms. The lowest BCUT2D eigenvalue weighted by molar-refractivity contribution is 0.0391. The highest BCUT2D eigenvalue weighted by atomic mass is 15.1. The van der Waals surface area contributed by atoms with Gasteiger partial charge in [0.05, 0.1) is 0 Å². The molecule has 3 aliphatic rings. The van der Waals surface area contributed by atoms with Gasteiger partial charge in [-0.05, 0) is 69.0 Å². The number of nitrogens with zero attached hydrogens (tertiary/aromatic N) is 1. The Kier molecular flexibility index (Phi) is 5.27. The number of piperidine rings is 1. The molecule has 2 heteroatoms. The quantitative estimate of drug-likeness (QED) is 0.784. The van der Waals surface area contributed by atoms with E-state index in [-0.39, 0.29) is 0 Å². The molecule has 2 saturated carbocycles. The van der Waals surface area contributed by atoms with Gasteiger partial charge in [0, 0.05) is 6.54 Å². The van der Waals surface area contributed by atoms with Crippen LogP contribution >= 0.6 is 0 Å². The van der Waals surface area contributed by atoms with Gasteiger partial charge in [-0.3, -0.25) is 0 Å². The van der Waals surface area contributed by atoms with Crippen molar-refractivity contribution in [3.8, 4) is 0 Å². The molecule has 0 aromatic carbocycles. The molecule has 2 nitrogen and oxygen atoms in total. The van der Waals surface area contributed by atoms with Gasteiger partial charge in [0.1, 0.15) is 0 Å². The topological polar surface area (TPSA) is 29.3 Å². The zero-order valence-corrected chi connectivity index (χ0v) is 14.0. The highest BCUT2D eigenvalue weighted by molar-refractivity contribution is 4.92. The van der Waals surface area contributed by atoms with Crippen molar-refractivity contribution in [2.45, 2.75) is 83.5 Å². The van der Waals surface area contributed by atoms with Gasteiger partial charge in [-0.15, -0.1) is 0 Å². The van der Waals surface area contributed by atoms with Crippen LogP contribution in [0.15, 0.2) is 0 Å². The van der Waals surface area contributed by atoms with Crippen LogP contribution in [0, 0.1) is 10.8 Å². The zero-order chi connectivity index (χ0) is 14.6. The maximum absolute atomic E-state index is 6.23. The zero-order valence-electron chi connectivity index (χ0n) is 14.0. The summed E-state index contributed by atoms with van der Waals surface area (Å²) < 4.78 is 0. The van der Waals surface area contributed by atoms with Crippen LogP contribution in [-0.4, -0.2) is 31.1 Å². The molecule has 0 atom stereocenters. The van der Waals surface area contributed by atoms with E-state index in [1.165, 1.54) is 103 Å². The Bertz CT molecular complexity index is 302. The van der Waals surface area contributed by atoms with E-state index in [2.05, 4.69) is 4.90 Å². The summed E-state index contributed by atoms with van der Waals surface area (Å²) >= 11 is 0. The highest BCUT2D eigenvalue weighted by Crippen LogP contribution is 2.45. The maximum atomic E-state index is 6.23. The van der Waals surface area contributed by atoms with Gasteiger partial charge in [-0.25, -0.2) is 0 Å². The van der Waals surface area contributed by atoms with Crippen molar-refractivity contribution in [1.29, 1.82) is 0 Å². The van der Waals surface area contributed by atoms with Gasteiger partial charge in [0.25, 0.3) is 0 Å². The number of nitrogens with two attached hydrogens (primary N) is 1. The average Bonchev–Trinajstić information content (AvgIpc) is 2.77. The lowest BCUT2D eigenvalue weighted by atomic mass is 9.68. The molecular formula is C19H36N2. The van der Waals surface area contributed by atoms with Gasteiger partial charge in [0.15, 0.2) is 0 Å². The summed E-state index contributed by atoms with van der Waals surface area (Å²) in [6.45, 7) is 4.90. The predicted molar refractivity (Wildman–Crippen MR) is 90.4 cm³/mol. The minimum absolute atomic E-state index is 0.452. The SMILES string of the molecule is NCC1(CN2CCC3(CCCCC3)CC2)CCCCCC1. The second-order valence-electron chi connectivity index (χ2n) is 8.46. The van der Waals surface area contributed by atoms with Crippen LogP contribution in [0.4, 0.5) is 0 Å². The minimum Gasteiger partial charge on any atom is -0.330 e. The number of hydrogen-bond acceptors (Lipinski definition) is 2. The third kappa shape index (κ3) is 3.82. The van der Waals surface area contributed by atoms with Crippen molar-refractivity contribution in [3.63, 3.8) is 0 Å². The van der Waals surface area contributed by atoms with E-state index < -0.39 is 0 Å². The molecule has 1 saturated heterocycles. The monoisotopic (exact) mass is 292 g/mol. The Morgan fingerprint density at radius 1 is 0.667 bits per heavy atom. The second-order valence-corrected chi connectivity index (χ2v) is 8.46.